The molecule has 1 amide bonds. The standard InChI is InChI=1S/C17H25BrN2O2.ClH/c1-5-22-14-10-17(19,16(14,3)4)15(21)20-11(2)12-6-8-13(18)9-7-12;/h6-9,11,14H,5,10,19H2,1-4H3,(H,20,21);1H. The van der Waals surface area contributed by atoms with Gasteiger partial charge in [0.25, 0.3) is 0 Å². The molecular weight excluding hydrogens is 380 g/mol. The average molecular weight is 406 g/mol. The molecule has 0 radical (unpaired) electrons. The van der Waals surface area contributed by atoms with Gasteiger partial charge in [0.15, 0.2) is 0 Å². The number of nitrogens with two attached hydrogens (primary N) is 1. The van der Waals surface area contributed by atoms with E-state index in [0.717, 1.165) is 10.0 Å². The van der Waals surface area contributed by atoms with Crippen LogP contribution in [-0.4, -0.2) is 24.2 Å². The summed E-state index contributed by atoms with van der Waals surface area (Å²) >= 11 is 3.41. The lowest BCUT2D eigenvalue weighted by molar-refractivity contribution is -0.171. The molecule has 0 bridgehead atoms. The van der Waals surface area contributed by atoms with Gasteiger partial charge in [-0.1, -0.05) is 41.9 Å². The number of hydrogen-bond donors (Lipinski definition) is 2. The van der Waals surface area contributed by atoms with Crippen LogP contribution in [0.1, 0.15) is 45.7 Å². The normalized spacial score (nSPS) is 26.6. The second-order valence-corrected chi connectivity index (χ2v) is 7.50. The Bertz CT molecular complexity index is 550. The van der Waals surface area contributed by atoms with Crippen molar-refractivity contribution in [1.29, 1.82) is 0 Å². The SMILES string of the molecule is CCOC1CC(N)(C(=O)NC(C)c2ccc(Br)cc2)C1(C)C.Cl. The number of carbonyl (C=O) groups excluding carboxylic acids is 1. The molecule has 0 heterocycles. The molecule has 3 N–H and O–H groups in total. The van der Waals surface area contributed by atoms with Crippen molar-refractivity contribution in [2.24, 2.45) is 11.1 Å². The highest BCUT2D eigenvalue weighted by molar-refractivity contribution is 9.10. The fourth-order valence-electron chi connectivity index (χ4n) is 2.98. The van der Waals surface area contributed by atoms with Gasteiger partial charge >= 0.3 is 0 Å². The van der Waals surface area contributed by atoms with Crippen molar-refractivity contribution in [3.63, 3.8) is 0 Å². The Balaban J connectivity index is 0.00000264. The van der Waals surface area contributed by atoms with Gasteiger partial charge in [-0.05, 0) is 31.5 Å². The summed E-state index contributed by atoms with van der Waals surface area (Å²) in [6.45, 7) is 8.57. The van der Waals surface area contributed by atoms with Crippen molar-refractivity contribution in [3.8, 4) is 0 Å². The van der Waals surface area contributed by atoms with Gasteiger partial charge in [0.2, 0.25) is 5.91 Å². The molecule has 3 atom stereocenters. The zero-order valence-electron chi connectivity index (χ0n) is 14.1. The largest absolute Gasteiger partial charge is 0.378 e. The first kappa shape index (κ1) is 20.4. The van der Waals surface area contributed by atoms with E-state index in [4.69, 9.17) is 10.5 Å². The minimum Gasteiger partial charge on any atom is -0.378 e. The summed E-state index contributed by atoms with van der Waals surface area (Å²) < 4.78 is 6.69. The summed E-state index contributed by atoms with van der Waals surface area (Å²) in [5.41, 5.74) is 6.20. The van der Waals surface area contributed by atoms with Crippen molar-refractivity contribution >= 4 is 34.2 Å². The summed E-state index contributed by atoms with van der Waals surface area (Å²) in [6.07, 6.45) is 0.600. The first-order chi connectivity index (χ1) is 10.2. The molecular formula is C17H26BrClN2O2. The molecule has 1 aromatic rings. The smallest absolute Gasteiger partial charge is 0.241 e. The lowest BCUT2D eigenvalue weighted by atomic mass is 9.54. The summed E-state index contributed by atoms with van der Waals surface area (Å²) in [6, 6.07) is 7.84. The number of amides is 1. The fraction of sp³-hybridized carbons (Fsp3) is 0.588. The van der Waals surface area contributed by atoms with E-state index in [9.17, 15) is 4.79 Å². The maximum atomic E-state index is 12.7. The number of carbonyl (C=O) groups is 1. The molecule has 1 aliphatic rings. The highest BCUT2D eigenvalue weighted by atomic mass is 79.9. The van der Waals surface area contributed by atoms with Gasteiger partial charge in [0.1, 0.15) is 5.54 Å². The average Bonchev–Trinajstić information content (AvgIpc) is 2.47. The third kappa shape index (κ3) is 3.73. The van der Waals surface area contributed by atoms with Crippen LogP contribution in [0.4, 0.5) is 0 Å². The Morgan fingerprint density at radius 1 is 1.43 bits per heavy atom. The van der Waals surface area contributed by atoms with Gasteiger partial charge in [-0.25, -0.2) is 0 Å². The zero-order valence-corrected chi connectivity index (χ0v) is 16.5. The second kappa shape index (κ2) is 7.51. The second-order valence-electron chi connectivity index (χ2n) is 6.59. The molecule has 3 unspecified atom stereocenters. The molecule has 0 aromatic heterocycles. The summed E-state index contributed by atoms with van der Waals surface area (Å²) in [5.74, 6) is -0.108. The van der Waals surface area contributed by atoms with Gasteiger partial charge in [-0.15, -0.1) is 12.4 Å². The van der Waals surface area contributed by atoms with E-state index in [-0.39, 0.29) is 35.9 Å². The van der Waals surface area contributed by atoms with Crippen LogP contribution < -0.4 is 11.1 Å². The number of halogens is 2. The van der Waals surface area contributed by atoms with Crippen LogP contribution >= 0.6 is 28.3 Å². The van der Waals surface area contributed by atoms with E-state index in [1.165, 1.54) is 0 Å². The molecule has 0 saturated heterocycles. The van der Waals surface area contributed by atoms with E-state index < -0.39 is 5.54 Å². The molecule has 0 spiro atoms. The van der Waals surface area contributed by atoms with E-state index in [0.29, 0.717) is 13.0 Å². The lowest BCUT2D eigenvalue weighted by Gasteiger charge is -2.57. The van der Waals surface area contributed by atoms with Gasteiger partial charge in [-0.2, -0.15) is 0 Å². The maximum absolute atomic E-state index is 12.7. The first-order valence-corrected chi connectivity index (χ1v) is 8.48. The predicted molar refractivity (Wildman–Crippen MR) is 98.7 cm³/mol. The monoisotopic (exact) mass is 404 g/mol. The van der Waals surface area contributed by atoms with Crippen LogP contribution in [0.25, 0.3) is 0 Å². The summed E-state index contributed by atoms with van der Waals surface area (Å²) in [5, 5.41) is 3.04. The van der Waals surface area contributed by atoms with Crippen LogP contribution in [-0.2, 0) is 9.53 Å². The molecule has 0 aliphatic heterocycles. The topological polar surface area (TPSA) is 64.3 Å². The fourth-order valence-corrected chi connectivity index (χ4v) is 3.25. The van der Waals surface area contributed by atoms with Crippen molar-refractivity contribution in [1.82, 2.24) is 5.32 Å². The third-order valence-corrected chi connectivity index (χ3v) is 5.48. The van der Waals surface area contributed by atoms with E-state index in [1.54, 1.807) is 0 Å². The van der Waals surface area contributed by atoms with Crippen LogP contribution in [0.5, 0.6) is 0 Å². The maximum Gasteiger partial charge on any atom is 0.241 e. The van der Waals surface area contributed by atoms with Crippen LogP contribution in [0.3, 0.4) is 0 Å². The Morgan fingerprint density at radius 3 is 2.48 bits per heavy atom. The summed E-state index contributed by atoms with van der Waals surface area (Å²) in [4.78, 5) is 12.7. The Morgan fingerprint density at radius 2 is 2.00 bits per heavy atom. The Labute approximate surface area is 153 Å². The number of rotatable bonds is 5. The Hall–Kier alpha value is -0.620. The van der Waals surface area contributed by atoms with E-state index >= 15 is 0 Å². The zero-order chi connectivity index (χ0) is 16.5. The molecule has 6 heteroatoms. The van der Waals surface area contributed by atoms with Gasteiger partial charge < -0.3 is 15.8 Å². The molecule has 4 nitrogen and oxygen atoms in total. The van der Waals surface area contributed by atoms with Crippen molar-refractivity contribution < 1.29 is 9.53 Å². The highest BCUT2D eigenvalue weighted by Gasteiger charge is 2.62. The number of ether oxygens (including phenoxy) is 1. The first-order valence-electron chi connectivity index (χ1n) is 7.69. The minimum atomic E-state index is -0.879. The predicted octanol–water partition coefficient (Wildman–Crippen LogP) is 3.58. The van der Waals surface area contributed by atoms with E-state index in [2.05, 4.69) is 21.2 Å². The van der Waals surface area contributed by atoms with Crippen LogP contribution in [0, 0.1) is 5.41 Å². The number of benzene rings is 1. The lowest BCUT2D eigenvalue weighted by Crippen LogP contribution is -2.75. The van der Waals surface area contributed by atoms with Crippen molar-refractivity contribution in [2.45, 2.75) is 51.8 Å². The summed E-state index contributed by atoms with van der Waals surface area (Å²) in [7, 11) is 0. The molecule has 1 aromatic carbocycles. The van der Waals surface area contributed by atoms with Gasteiger partial charge in [-0.3, -0.25) is 4.79 Å². The molecule has 1 saturated carbocycles. The van der Waals surface area contributed by atoms with Gasteiger partial charge in [0, 0.05) is 22.9 Å². The highest BCUT2D eigenvalue weighted by Crippen LogP contribution is 2.50. The quantitative estimate of drug-likeness (QED) is 0.787. The Kier molecular flexibility index (Phi) is 6.67. The number of nitrogens with one attached hydrogen (secondary N) is 1. The van der Waals surface area contributed by atoms with Gasteiger partial charge in [0.05, 0.1) is 12.1 Å². The molecule has 2 rings (SSSR count). The number of hydrogen-bond acceptors (Lipinski definition) is 3. The molecule has 23 heavy (non-hydrogen) atoms. The van der Waals surface area contributed by atoms with Crippen LogP contribution in [0.15, 0.2) is 28.7 Å². The van der Waals surface area contributed by atoms with E-state index in [1.807, 2.05) is 52.0 Å². The van der Waals surface area contributed by atoms with Crippen LogP contribution in [0.2, 0.25) is 0 Å². The minimum absolute atomic E-state index is 0. The molecule has 1 fully saturated rings. The molecule has 130 valence electrons. The van der Waals surface area contributed by atoms with Crippen molar-refractivity contribution in [2.75, 3.05) is 6.61 Å². The van der Waals surface area contributed by atoms with Crippen molar-refractivity contribution in [3.05, 3.63) is 34.3 Å². The molecule has 1 aliphatic carbocycles. The third-order valence-electron chi connectivity index (χ3n) is 4.95.